The number of carbonyl (C=O) groups is 2. The van der Waals surface area contributed by atoms with Crippen molar-refractivity contribution in [2.45, 2.75) is 25.2 Å². The Morgan fingerprint density at radius 3 is 2.50 bits per heavy atom. The van der Waals surface area contributed by atoms with Gasteiger partial charge in [0.1, 0.15) is 11.8 Å². The third-order valence-corrected chi connectivity index (χ3v) is 1.85. The molecule has 1 atom stereocenters. The maximum Gasteiger partial charge on any atom is 0.320 e. The van der Waals surface area contributed by atoms with Crippen LogP contribution in [0, 0.1) is 0 Å². The highest BCUT2D eigenvalue weighted by atomic mass is 16.7. The van der Waals surface area contributed by atoms with Crippen molar-refractivity contribution in [1.29, 1.82) is 0 Å². The van der Waals surface area contributed by atoms with Crippen LogP contribution in [0.2, 0.25) is 0 Å². The van der Waals surface area contributed by atoms with Crippen LogP contribution in [0.4, 0.5) is 0 Å². The average molecular weight is 203 g/mol. The third kappa shape index (κ3) is 3.41. The summed E-state index contributed by atoms with van der Waals surface area (Å²) >= 11 is 0. The molecule has 6 heteroatoms. The molecule has 0 radical (unpaired) electrons. The number of aliphatic carboxylic acids is 1. The van der Waals surface area contributed by atoms with Crippen molar-refractivity contribution in [3.63, 3.8) is 0 Å². The smallest absolute Gasteiger partial charge is 0.320 e. The minimum Gasteiger partial charge on any atom is -0.480 e. The molecule has 1 aliphatic heterocycles. The number of carboxylic acid groups (broad SMARTS) is 1. The summed E-state index contributed by atoms with van der Waals surface area (Å²) in [5.41, 5.74) is 5.19. The van der Waals surface area contributed by atoms with E-state index in [1.807, 2.05) is 0 Å². The van der Waals surface area contributed by atoms with Gasteiger partial charge in [0.05, 0.1) is 19.6 Å². The molecule has 3 N–H and O–H groups in total. The molecule has 0 saturated carbocycles. The molecule has 1 unspecified atom stereocenters. The lowest BCUT2D eigenvalue weighted by Crippen LogP contribution is -2.33. The van der Waals surface area contributed by atoms with Gasteiger partial charge in [0, 0.05) is 6.42 Å². The van der Waals surface area contributed by atoms with Crippen molar-refractivity contribution in [1.82, 2.24) is 0 Å². The number of hydrogen-bond acceptors (Lipinski definition) is 5. The molecule has 0 aliphatic carbocycles. The first-order valence-electron chi connectivity index (χ1n) is 4.33. The van der Waals surface area contributed by atoms with Gasteiger partial charge < -0.3 is 20.3 Å². The number of ether oxygens (including phenoxy) is 2. The molecule has 1 aliphatic rings. The maximum absolute atomic E-state index is 11.2. The van der Waals surface area contributed by atoms with Crippen molar-refractivity contribution >= 4 is 11.8 Å². The van der Waals surface area contributed by atoms with E-state index in [1.165, 1.54) is 0 Å². The summed E-state index contributed by atoms with van der Waals surface area (Å²) in [6.45, 7) is 0.950. The fraction of sp³-hybridized carbons (Fsp3) is 0.750. The highest BCUT2D eigenvalue weighted by molar-refractivity contribution is 5.85. The van der Waals surface area contributed by atoms with E-state index >= 15 is 0 Å². The van der Waals surface area contributed by atoms with Gasteiger partial charge in [-0.1, -0.05) is 0 Å². The number of hydrogen-bond donors (Lipinski definition) is 2. The lowest BCUT2D eigenvalue weighted by atomic mass is 10.1. The normalized spacial score (nSPS) is 19.5. The van der Waals surface area contributed by atoms with Crippen molar-refractivity contribution in [3.8, 4) is 0 Å². The molecule has 1 heterocycles. The minimum absolute atomic E-state index is 0.0704. The Morgan fingerprint density at radius 2 is 2.00 bits per heavy atom. The summed E-state index contributed by atoms with van der Waals surface area (Å²) in [7, 11) is 0. The Balaban J connectivity index is 2.24. The molecule has 0 aromatic carbocycles. The SMILES string of the molecule is NC(CC(=O)CC1OCCO1)C(=O)O. The van der Waals surface area contributed by atoms with Crippen LogP contribution in [0.25, 0.3) is 0 Å². The predicted octanol–water partition coefficient (Wildman–Crippen LogP) is -0.879. The first-order valence-corrected chi connectivity index (χ1v) is 4.33. The largest absolute Gasteiger partial charge is 0.480 e. The first-order chi connectivity index (χ1) is 6.59. The summed E-state index contributed by atoms with van der Waals surface area (Å²) in [6.07, 6.45) is -0.636. The Bertz CT molecular complexity index is 224. The number of carbonyl (C=O) groups excluding carboxylic acids is 1. The van der Waals surface area contributed by atoms with E-state index < -0.39 is 18.3 Å². The minimum atomic E-state index is -1.17. The van der Waals surface area contributed by atoms with Crippen LogP contribution >= 0.6 is 0 Å². The Labute approximate surface area is 81.0 Å². The summed E-state index contributed by atoms with van der Waals surface area (Å²) in [5, 5.41) is 8.45. The summed E-state index contributed by atoms with van der Waals surface area (Å²) < 4.78 is 10.1. The third-order valence-electron chi connectivity index (χ3n) is 1.85. The predicted molar refractivity (Wildman–Crippen MR) is 45.5 cm³/mol. The van der Waals surface area contributed by atoms with Crippen molar-refractivity contribution in [2.75, 3.05) is 13.2 Å². The van der Waals surface area contributed by atoms with E-state index in [9.17, 15) is 9.59 Å². The summed E-state index contributed by atoms with van der Waals surface area (Å²) in [4.78, 5) is 21.5. The van der Waals surface area contributed by atoms with Crippen LogP contribution in [0.5, 0.6) is 0 Å². The second-order valence-corrected chi connectivity index (χ2v) is 3.06. The maximum atomic E-state index is 11.2. The molecule has 14 heavy (non-hydrogen) atoms. The van der Waals surface area contributed by atoms with Gasteiger partial charge in [-0.2, -0.15) is 0 Å². The van der Waals surface area contributed by atoms with Gasteiger partial charge in [-0.3, -0.25) is 9.59 Å². The van der Waals surface area contributed by atoms with Gasteiger partial charge in [0.25, 0.3) is 0 Å². The van der Waals surface area contributed by atoms with Gasteiger partial charge in [-0.05, 0) is 0 Å². The number of ketones is 1. The van der Waals surface area contributed by atoms with Gasteiger partial charge >= 0.3 is 5.97 Å². The van der Waals surface area contributed by atoms with Gasteiger partial charge in [0.2, 0.25) is 0 Å². The van der Waals surface area contributed by atoms with Crippen LogP contribution in [-0.4, -0.2) is 42.4 Å². The summed E-state index contributed by atoms with van der Waals surface area (Å²) in [5.74, 6) is -1.43. The van der Waals surface area contributed by atoms with Crippen LogP contribution in [0.3, 0.4) is 0 Å². The molecule has 1 saturated heterocycles. The molecule has 1 rings (SSSR count). The highest BCUT2D eigenvalue weighted by Gasteiger charge is 2.22. The monoisotopic (exact) mass is 203 g/mol. The van der Waals surface area contributed by atoms with Gasteiger partial charge in [-0.15, -0.1) is 0 Å². The number of Topliss-reactive ketones (excluding diaryl/α,β-unsaturated/α-hetero) is 1. The first kappa shape index (κ1) is 11.1. The molecule has 0 amide bonds. The molecule has 1 fully saturated rings. The van der Waals surface area contributed by atoms with E-state index in [4.69, 9.17) is 20.3 Å². The molecule has 0 spiro atoms. The van der Waals surface area contributed by atoms with E-state index in [-0.39, 0.29) is 18.6 Å². The standard InChI is InChI=1S/C8H13NO5/c9-6(8(11)12)3-5(10)4-7-13-1-2-14-7/h6-7H,1-4,9H2,(H,11,12). The lowest BCUT2D eigenvalue weighted by molar-refractivity contribution is -0.141. The Kier molecular flexibility index (Phi) is 3.99. The zero-order chi connectivity index (χ0) is 10.6. The molecule has 0 aromatic rings. The number of rotatable bonds is 5. The Morgan fingerprint density at radius 1 is 1.43 bits per heavy atom. The van der Waals surface area contributed by atoms with E-state index in [1.54, 1.807) is 0 Å². The topological polar surface area (TPSA) is 98.9 Å². The molecular formula is C8H13NO5. The van der Waals surface area contributed by atoms with Crippen LogP contribution < -0.4 is 5.73 Å². The zero-order valence-electron chi connectivity index (χ0n) is 7.64. The molecule has 0 aromatic heterocycles. The fourth-order valence-electron chi connectivity index (χ4n) is 1.13. The van der Waals surface area contributed by atoms with Crippen LogP contribution in [0.15, 0.2) is 0 Å². The molecular weight excluding hydrogens is 190 g/mol. The van der Waals surface area contributed by atoms with Crippen LogP contribution in [0.1, 0.15) is 12.8 Å². The molecule has 6 nitrogen and oxygen atoms in total. The van der Waals surface area contributed by atoms with Gasteiger partial charge in [-0.25, -0.2) is 0 Å². The van der Waals surface area contributed by atoms with Crippen molar-refractivity contribution in [3.05, 3.63) is 0 Å². The summed E-state index contributed by atoms with van der Waals surface area (Å²) in [6, 6.07) is -1.14. The van der Waals surface area contributed by atoms with E-state index in [0.29, 0.717) is 13.2 Å². The lowest BCUT2D eigenvalue weighted by Gasteiger charge is -2.09. The average Bonchev–Trinajstić information content (AvgIpc) is 2.56. The van der Waals surface area contributed by atoms with Crippen molar-refractivity contribution in [2.24, 2.45) is 5.73 Å². The number of carboxylic acids is 1. The van der Waals surface area contributed by atoms with E-state index in [2.05, 4.69) is 0 Å². The van der Waals surface area contributed by atoms with E-state index in [0.717, 1.165) is 0 Å². The van der Waals surface area contributed by atoms with Crippen LogP contribution in [-0.2, 0) is 19.1 Å². The Hall–Kier alpha value is -0.980. The molecule has 80 valence electrons. The molecule has 0 bridgehead atoms. The second kappa shape index (κ2) is 5.04. The fourth-order valence-corrected chi connectivity index (χ4v) is 1.13. The van der Waals surface area contributed by atoms with Gasteiger partial charge in [0.15, 0.2) is 6.29 Å². The zero-order valence-corrected chi connectivity index (χ0v) is 7.64. The second-order valence-electron chi connectivity index (χ2n) is 3.06. The quantitative estimate of drug-likeness (QED) is 0.602. The number of nitrogens with two attached hydrogens (primary N) is 1. The van der Waals surface area contributed by atoms with Crippen molar-refractivity contribution < 1.29 is 24.2 Å². The highest BCUT2D eigenvalue weighted by Crippen LogP contribution is 2.09.